The Morgan fingerprint density at radius 1 is 1.08 bits per heavy atom. The summed E-state index contributed by atoms with van der Waals surface area (Å²) in [6, 6.07) is 7.51. The summed E-state index contributed by atoms with van der Waals surface area (Å²) in [6.45, 7) is 0. The number of halogens is 3. The van der Waals surface area contributed by atoms with Crippen molar-refractivity contribution in [2.24, 2.45) is 14.1 Å². The van der Waals surface area contributed by atoms with Crippen LogP contribution < -0.4 is 0 Å². The van der Waals surface area contributed by atoms with E-state index in [1.165, 1.54) is 9.13 Å². The smallest absolute Gasteiger partial charge is 0.318 e. The highest BCUT2D eigenvalue weighted by molar-refractivity contribution is 7.71. The van der Waals surface area contributed by atoms with Crippen LogP contribution in [0.25, 0.3) is 22.4 Å². The van der Waals surface area contributed by atoms with Gasteiger partial charge in [0, 0.05) is 19.7 Å². The molecule has 0 saturated carbocycles. The molecule has 7 heteroatoms. The molecule has 1 aromatic carbocycles. The van der Waals surface area contributed by atoms with Gasteiger partial charge in [-0.2, -0.15) is 13.2 Å². The second-order valence-corrected chi connectivity index (χ2v) is 6.41. The molecule has 0 aliphatic heterocycles. The lowest BCUT2D eigenvalue weighted by Gasteiger charge is -2.23. The molecule has 0 unspecified atom stereocenters. The first-order valence-electron chi connectivity index (χ1n) is 7.54. The molecular weight excluding hydrogens is 335 g/mol. The molecule has 2 aromatic heterocycles. The molecule has 3 aromatic rings. The molecule has 0 saturated heterocycles. The molecule has 1 aliphatic carbocycles. The number of fused-ring (bicyclic) bond motifs is 4. The normalized spacial score (nSPS) is 13.9. The topological polar surface area (TPSA) is 22.8 Å². The molecule has 4 rings (SSSR count). The van der Waals surface area contributed by atoms with Gasteiger partial charge in [0.1, 0.15) is 0 Å². The van der Waals surface area contributed by atoms with Crippen molar-refractivity contribution in [3.63, 3.8) is 0 Å². The monoisotopic (exact) mass is 349 g/mol. The van der Waals surface area contributed by atoms with Crippen LogP contribution in [0, 0.1) is 4.77 Å². The van der Waals surface area contributed by atoms with E-state index in [9.17, 15) is 13.2 Å². The Morgan fingerprint density at radius 3 is 2.50 bits per heavy atom. The van der Waals surface area contributed by atoms with Crippen LogP contribution in [-0.4, -0.2) is 14.1 Å². The zero-order valence-electron chi connectivity index (χ0n) is 13.1. The summed E-state index contributed by atoms with van der Waals surface area (Å²) < 4.78 is 45.0. The first-order valence-corrected chi connectivity index (χ1v) is 7.95. The van der Waals surface area contributed by atoms with Gasteiger partial charge in [-0.1, -0.05) is 24.3 Å². The van der Waals surface area contributed by atoms with Gasteiger partial charge in [-0.15, -0.1) is 0 Å². The zero-order chi connectivity index (χ0) is 17.2. The fraction of sp³-hybridized carbons (Fsp3) is 0.294. The Hall–Kier alpha value is -2.15. The van der Waals surface area contributed by atoms with E-state index in [1.807, 2.05) is 24.3 Å². The summed E-state index contributed by atoms with van der Waals surface area (Å²) in [5, 5.41) is 0. The average molecular weight is 349 g/mol. The van der Waals surface area contributed by atoms with Crippen LogP contribution in [0.2, 0.25) is 0 Å². The van der Waals surface area contributed by atoms with Gasteiger partial charge in [0.15, 0.2) is 10.4 Å². The van der Waals surface area contributed by atoms with Crippen LogP contribution in [0.5, 0.6) is 0 Å². The molecule has 0 atom stereocenters. The summed E-state index contributed by atoms with van der Waals surface area (Å²) in [4.78, 5) is 4.59. The zero-order valence-corrected chi connectivity index (χ0v) is 13.9. The van der Waals surface area contributed by atoms with E-state index < -0.39 is 11.7 Å². The van der Waals surface area contributed by atoms with E-state index in [1.54, 1.807) is 14.1 Å². The van der Waals surface area contributed by atoms with Gasteiger partial charge in [-0.05, 0) is 36.2 Å². The minimum Gasteiger partial charge on any atom is -0.318 e. The predicted molar refractivity (Wildman–Crippen MR) is 88.4 cm³/mol. The second kappa shape index (κ2) is 4.92. The van der Waals surface area contributed by atoms with Crippen LogP contribution in [0.4, 0.5) is 13.2 Å². The Balaban J connectivity index is 2.23. The number of rotatable bonds is 0. The fourth-order valence-electron chi connectivity index (χ4n) is 3.56. The van der Waals surface area contributed by atoms with Crippen LogP contribution in [0.1, 0.15) is 16.7 Å². The maximum atomic E-state index is 13.9. The van der Waals surface area contributed by atoms with Gasteiger partial charge in [-0.3, -0.25) is 0 Å². The van der Waals surface area contributed by atoms with E-state index in [0.717, 1.165) is 11.1 Å². The summed E-state index contributed by atoms with van der Waals surface area (Å²) in [7, 11) is 3.21. The van der Waals surface area contributed by atoms with E-state index in [-0.39, 0.29) is 16.7 Å². The van der Waals surface area contributed by atoms with Crippen LogP contribution >= 0.6 is 12.2 Å². The Morgan fingerprint density at radius 2 is 1.79 bits per heavy atom. The van der Waals surface area contributed by atoms with Gasteiger partial charge >= 0.3 is 6.18 Å². The third-order valence-corrected chi connectivity index (χ3v) is 5.23. The third kappa shape index (κ3) is 1.97. The highest BCUT2D eigenvalue weighted by Crippen LogP contribution is 2.43. The van der Waals surface area contributed by atoms with Crippen molar-refractivity contribution in [3.05, 3.63) is 45.7 Å². The third-order valence-electron chi connectivity index (χ3n) is 4.68. The molecule has 0 spiro atoms. The van der Waals surface area contributed by atoms with Crippen LogP contribution in [0.15, 0.2) is 24.3 Å². The standard InChI is InChI=1S/C17H14F3N3S/c1-22-14-12(17(18,19)20)11-8-7-9-5-3-4-6-10(9)13(11)21-15(14)23(2)16(22)24/h3-6H,7-8H2,1-2H3. The van der Waals surface area contributed by atoms with E-state index in [2.05, 4.69) is 4.98 Å². The molecule has 1 aliphatic rings. The Kier molecular flexibility index (Phi) is 3.16. The van der Waals surface area contributed by atoms with Gasteiger partial charge < -0.3 is 9.13 Å². The fourth-order valence-corrected chi connectivity index (χ4v) is 3.74. The lowest BCUT2D eigenvalue weighted by molar-refractivity contribution is -0.137. The SMILES string of the molecule is Cn1c(=S)n(C)c2c(C(F)(F)F)c3c(nc21)-c1ccccc1CC3. The number of nitrogens with zero attached hydrogens (tertiary/aromatic N) is 3. The van der Waals surface area contributed by atoms with Crippen molar-refractivity contribution in [2.45, 2.75) is 19.0 Å². The Bertz CT molecular complexity index is 1040. The molecular formula is C17H14F3N3S. The van der Waals surface area contributed by atoms with E-state index in [4.69, 9.17) is 12.2 Å². The van der Waals surface area contributed by atoms with Gasteiger partial charge in [-0.25, -0.2) is 4.98 Å². The molecule has 3 nitrogen and oxygen atoms in total. The molecule has 0 N–H and O–H groups in total. The number of alkyl halides is 3. The minimum absolute atomic E-state index is 0.0631. The lowest BCUT2D eigenvalue weighted by Crippen LogP contribution is -2.17. The predicted octanol–water partition coefficient (Wildman–Crippen LogP) is 4.43. The molecule has 0 fully saturated rings. The maximum Gasteiger partial charge on any atom is 0.418 e. The molecule has 0 amide bonds. The number of hydrogen-bond donors (Lipinski definition) is 0. The largest absolute Gasteiger partial charge is 0.418 e. The van der Waals surface area contributed by atoms with Crippen molar-refractivity contribution in [1.82, 2.24) is 14.1 Å². The van der Waals surface area contributed by atoms with Crippen LogP contribution in [-0.2, 0) is 33.1 Å². The first kappa shape index (κ1) is 15.4. The number of benzene rings is 1. The maximum absolute atomic E-state index is 13.9. The summed E-state index contributed by atoms with van der Waals surface area (Å²) >= 11 is 5.25. The molecule has 0 bridgehead atoms. The lowest BCUT2D eigenvalue weighted by atomic mass is 9.86. The van der Waals surface area contributed by atoms with Crippen molar-refractivity contribution in [3.8, 4) is 11.3 Å². The number of hydrogen-bond acceptors (Lipinski definition) is 2. The van der Waals surface area contributed by atoms with Crippen LogP contribution in [0.3, 0.4) is 0 Å². The minimum atomic E-state index is -4.46. The Labute approximate surface area is 141 Å². The summed E-state index contributed by atoms with van der Waals surface area (Å²) in [5.74, 6) is 0. The molecule has 2 heterocycles. The second-order valence-electron chi connectivity index (χ2n) is 6.04. The molecule has 24 heavy (non-hydrogen) atoms. The molecule has 124 valence electrons. The summed E-state index contributed by atoms with van der Waals surface area (Å²) in [6.07, 6.45) is -3.55. The van der Waals surface area contributed by atoms with Crippen molar-refractivity contribution in [2.75, 3.05) is 0 Å². The molecule has 0 radical (unpaired) electrons. The first-order chi connectivity index (χ1) is 11.3. The number of aryl methyl sites for hydroxylation is 3. The van der Waals surface area contributed by atoms with Gasteiger partial charge in [0.2, 0.25) is 0 Å². The highest BCUT2D eigenvalue weighted by atomic mass is 32.1. The van der Waals surface area contributed by atoms with Crippen molar-refractivity contribution >= 4 is 23.4 Å². The van der Waals surface area contributed by atoms with Crippen molar-refractivity contribution < 1.29 is 13.2 Å². The number of aromatic nitrogens is 3. The van der Waals surface area contributed by atoms with Crippen molar-refractivity contribution in [1.29, 1.82) is 0 Å². The van der Waals surface area contributed by atoms with Gasteiger partial charge in [0.25, 0.3) is 0 Å². The van der Waals surface area contributed by atoms with E-state index >= 15 is 0 Å². The summed E-state index contributed by atoms with van der Waals surface area (Å²) in [5.41, 5.74) is 2.23. The highest BCUT2D eigenvalue weighted by Gasteiger charge is 2.40. The quantitative estimate of drug-likeness (QED) is 0.561. The average Bonchev–Trinajstić information content (AvgIpc) is 2.76. The van der Waals surface area contributed by atoms with E-state index in [0.29, 0.717) is 23.3 Å². The van der Waals surface area contributed by atoms with Gasteiger partial charge in [0.05, 0.1) is 16.8 Å². The number of pyridine rings is 1. The number of imidazole rings is 1.